The number of halogens is 4. The average molecular weight is 357 g/mol. The monoisotopic (exact) mass is 357 g/mol. The molecule has 0 unspecified atom stereocenters. The quantitative estimate of drug-likeness (QED) is 0.732. The number of ether oxygens (including phenoxy) is 1. The predicted octanol–water partition coefficient (Wildman–Crippen LogP) is 4.64. The summed E-state index contributed by atoms with van der Waals surface area (Å²) in [6, 6.07) is 1.45. The number of rotatable bonds is 5. The SMILES string of the molecule is CC(C)n1nc(-c2cncc(OC(F)(F)C(F)F)c2)c2c1CCCC2. The highest BCUT2D eigenvalue weighted by Gasteiger charge is 2.44. The Morgan fingerprint density at radius 1 is 1.16 bits per heavy atom. The largest absolute Gasteiger partial charge is 0.461 e. The van der Waals surface area contributed by atoms with E-state index in [9.17, 15) is 17.6 Å². The minimum Gasteiger partial charge on any atom is -0.427 e. The Bertz CT molecular complexity index is 758. The van der Waals surface area contributed by atoms with E-state index in [-0.39, 0.29) is 6.04 Å². The van der Waals surface area contributed by atoms with Gasteiger partial charge in [0.15, 0.2) is 0 Å². The molecule has 0 N–H and O–H groups in total. The summed E-state index contributed by atoms with van der Waals surface area (Å²) in [6.45, 7) is 4.04. The predicted molar refractivity (Wildman–Crippen MR) is 84.1 cm³/mol. The smallest absolute Gasteiger partial charge is 0.427 e. The van der Waals surface area contributed by atoms with Crippen LogP contribution in [0.4, 0.5) is 17.6 Å². The van der Waals surface area contributed by atoms with Gasteiger partial charge < -0.3 is 4.74 Å². The maximum Gasteiger partial charge on any atom is 0.461 e. The summed E-state index contributed by atoms with van der Waals surface area (Å²) >= 11 is 0. The summed E-state index contributed by atoms with van der Waals surface area (Å²) in [6.07, 6.45) is -2.14. The lowest BCUT2D eigenvalue weighted by molar-refractivity contribution is -0.253. The van der Waals surface area contributed by atoms with Gasteiger partial charge in [-0.3, -0.25) is 9.67 Å². The highest BCUT2D eigenvalue weighted by atomic mass is 19.3. The summed E-state index contributed by atoms with van der Waals surface area (Å²) in [5.74, 6) is -0.411. The minimum absolute atomic E-state index is 0.163. The lowest BCUT2D eigenvalue weighted by Gasteiger charge is -2.17. The van der Waals surface area contributed by atoms with Crippen LogP contribution in [0.1, 0.15) is 44.0 Å². The van der Waals surface area contributed by atoms with Gasteiger partial charge in [0, 0.05) is 29.1 Å². The number of nitrogens with zero attached hydrogens (tertiary/aromatic N) is 3. The normalized spacial score (nSPS) is 14.9. The maximum absolute atomic E-state index is 13.1. The summed E-state index contributed by atoms with van der Waals surface area (Å²) in [5.41, 5.74) is 3.35. The molecule has 0 saturated carbocycles. The zero-order valence-electron chi connectivity index (χ0n) is 14.0. The summed E-state index contributed by atoms with van der Waals surface area (Å²) < 4.78 is 57.0. The van der Waals surface area contributed by atoms with E-state index in [1.165, 1.54) is 12.3 Å². The second-order valence-corrected chi connectivity index (χ2v) is 6.39. The first-order valence-corrected chi connectivity index (χ1v) is 8.20. The number of aromatic nitrogens is 3. The van der Waals surface area contributed by atoms with Crippen molar-refractivity contribution >= 4 is 0 Å². The van der Waals surface area contributed by atoms with Crippen LogP contribution in [0.3, 0.4) is 0 Å². The molecule has 8 heteroatoms. The lowest BCUT2D eigenvalue weighted by Crippen LogP contribution is -2.33. The van der Waals surface area contributed by atoms with E-state index in [4.69, 9.17) is 0 Å². The van der Waals surface area contributed by atoms with E-state index in [1.54, 1.807) is 0 Å². The molecule has 0 amide bonds. The highest BCUT2D eigenvalue weighted by molar-refractivity contribution is 5.65. The van der Waals surface area contributed by atoms with E-state index in [0.717, 1.165) is 43.1 Å². The first kappa shape index (κ1) is 17.7. The molecule has 2 aromatic rings. The molecule has 25 heavy (non-hydrogen) atoms. The highest BCUT2D eigenvalue weighted by Crippen LogP contribution is 2.35. The fourth-order valence-corrected chi connectivity index (χ4v) is 3.09. The third-order valence-electron chi connectivity index (χ3n) is 4.19. The van der Waals surface area contributed by atoms with E-state index < -0.39 is 18.3 Å². The van der Waals surface area contributed by atoms with Crippen molar-refractivity contribution in [3.05, 3.63) is 29.7 Å². The molecule has 2 heterocycles. The van der Waals surface area contributed by atoms with Crippen molar-refractivity contribution in [2.45, 2.75) is 58.1 Å². The number of pyridine rings is 1. The second kappa shape index (κ2) is 6.65. The molecule has 2 aromatic heterocycles. The van der Waals surface area contributed by atoms with Crippen molar-refractivity contribution in [3.8, 4) is 17.0 Å². The zero-order valence-corrected chi connectivity index (χ0v) is 14.0. The van der Waals surface area contributed by atoms with Gasteiger partial charge in [0.1, 0.15) is 5.75 Å². The van der Waals surface area contributed by atoms with Gasteiger partial charge in [0.05, 0.1) is 11.9 Å². The van der Waals surface area contributed by atoms with Crippen LogP contribution in [-0.2, 0) is 12.8 Å². The van der Waals surface area contributed by atoms with E-state index in [0.29, 0.717) is 11.3 Å². The van der Waals surface area contributed by atoms with E-state index in [2.05, 4.69) is 14.8 Å². The van der Waals surface area contributed by atoms with Crippen LogP contribution in [0.2, 0.25) is 0 Å². The van der Waals surface area contributed by atoms with Gasteiger partial charge in [0.25, 0.3) is 0 Å². The van der Waals surface area contributed by atoms with Crippen molar-refractivity contribution in [2.24, 2.45) is 0 Å². The topological polar surface area (TPSA) is 39.9 Å². The molecule has 0 aromatic carbocycles. The zero-order chi connectivity index (χ0) is 18.2. The van der Waals surface area contributed by atoms with Crippen molar-refractivity contribution in [2.75, 3.05) is 0 Å². The third kappa shape index (κ3) is 3.48. The van der Waals surface area contributed by atoms with Gasteiger partial charge in [-0.15, -0.1) is 0 Å². The number of alkyl halides is 4. The molecule has 0 atom stereocenters. The molecular formula is C17H19F4N3O. The third-order valence-corrected chi connectivity index (χ3v) is 4.19. The van der Waals surface area contributed by atoms with Gasteiger partial charge >= 0.3 is 12.5 Å². The van der Waals surface area contributed by atoms with Crippen LogP contribution in [0, 0.1) is 0 Å². The van der Waals surface area contributed by atoms with Crippen molar-refractivity contribution in [1.82, 2.24) is 14.8 Å². The molecule has 3 rings (SSSR count). The Morgan fingerprint density at radius 3 is 2.56 bits per heavy atom. The van der Waals surface area contributed by atoms with Crippen LogP contribution < -0.4 is 4.74 Å². The fourth-order valence-electron chi connectivity index (χ4n) is 3.09. The minimum atomic E-state index is -4.56. The molecular weight excluding hydrogens is 338 g/mol. The lowest BCUT2D eigenvalue weighted by atomic mass is 9.94. The van der Waals surface area contributed by atoms with Crippen LogP contribution in [0.5, 0.6) is 5.75 Å². The molecule has 136 valence electrons. The number of hydrogen-bond acceptors (Lipinski definition) is 3. The molecule has 0 fully saturated rings. The Morgan fingerprint density at radius 2 is 1.88 bits per heavy atom. The van der Waals surface area contributed by atoms with Gasteiger partial charge in [-0.05, 0) is 45.6 Å². The fraction of sp³-hybridized carbons (Fsp3) is 0.529. The summed E-state index contributed by atoms with van der Waals surface area (Å²) in [5, 5.41) is 4.62. The molecule has 4 nitrogen and oxygen atoms in total. The van der Waals surface area contributed by atoms with Crippen molar-refractivity contribution in [3.63, 3.8) is 0 Å². The number of hydrogen-bond donors (Lipinski definition) is 0. The number of fused-ring (bicyclic) bond motifs is 1. The maximum atomic E-state index is 13.1. The van der Waals surface area contributed by atoms with E-state index >= 15 is 0 Å². The second-order valence-electron chi connectivity index (χ2n) is 6.39. The first-order chi connectivity index (χ1) is 11.8. The standard InChI is InChI=1S/C17H19F4N3O/c1-10(2)24-14-6-4-3-5-13(14)15(23-24)11-7-12(9-22-8-11)25-17(20,21)16(18)19/h7-10,16H,3-6H2,1-2H3. The summed E-state index contributed by atoms with van der Waals surface area (Å²) in [4.78, 5) is 3.86. The molecule has 1 aliphatic carbocycles. The Kier molecular flexibility index (Phi) is 4.71. The molecule has 0 saturated heterocycles. The van der Waals surface area contributed by atoms with Crippen LogP contribution in [-0.4, -0.2) is 27.3 Å². The molecule has 0 radical (unpaired) electrons. The van der Waals surface area contributed by atoms with Crippen LogP contribution in [0.15, 0.2) is 18.5 Å². The van der Waals surface area contributed by atoms with Gasteiger partial charge in [0.2, 0.25) is 0 Å². The van der Waals surface area contributed by atoms with Gasteiger partial charge in [-0.1, -0.05) is 0 Å². The van der Waals surface area contributed by atoms with Crippen molar-refractivity contribution in [1.29, 1.82) is 0 Å². The Balaban J connectivity index is 1.99. The van der Waals surface area contributed by atoms with Crippen LogP contribution in [0.25, 0.3) is 11.3 Å². The van der Waals surface area contributed by atoms with Crippen LogP contribution >= 0.6 is 0 Å². The molecule has 0 aliphatic heterocycles. The van der Waals surface area contributed by atoms with E-state index in [1.807, 2.05) is 18.5 Å². The molecule has 0 bridgehead atoms. The average Bonchev–Trinajstić information content (AvgIpc) is 2.94. The Hall–Kier alpha value is -2.12. The summed E-state index contributed by atoms with van der Waals surface area (Å²) in [7, 11) is 0. The molecule has 0 spiro atoms. The van der Waals surface area contributed by atoms with Gasteiger partial charge in [-0.2, -0.15) is 22.7 Å². The van der Waals surface area contributed by atoms with Gasteiger partial charge in [-0.25, -0.2) is 0 Å². The van der Waals surface area contributed by atoms with Crippen molar-refractivity contribution < 1.29 is 22.3 Å². The Labute approximate surface area is 142 Å². The molecule has 1 aliphatic rings. The first-order valence-electron chi connectivity index (χ1n) is 8.20.